The van der Waals surface area contributed by atoms with E-state index in [1.165, 1.54) is 29.0 Å². The lowest BCUT2D eigenvalue weighted by Gasteiger charge is -2.10. The van der Waals surface area contributed by atoms with Crippen molar-refractivity contribution in [2.24, 2.45) is 0 Å². The number of benzene rings is 2. The maximum atomic E-state index is 13.3. The van der Waals surface area contributed by atoms with Crippen LogP contribution in [0.15, 0.2) is 70.4 Å². The first-order valence-corrected chi connectivity index (χ1v) is 8.33. The standard InChI is InChI=1S/C20H18FN3O3/c1-14-5-7-17(8-6-14)22-18(25)13-24-19(26)9-10-23(20(24)27)12-15-3-2-4-16(21)11-15/h2-11H,12-13H2,1H3,(H,22,25). The minimum atomic E-state index is -0.634. The van der Waals surface area contributed by atoms with Crippen molar-refractivity contribution in [2.45, 2.75) is 20.0 Å². The summed E-state index contributed by atoms with van der Waals surface area (Å²) in [7, 11) is 0. The summed E-state index contributed by atoms with van der Waals surface area (Å²) in [5, 5.41) is 2.65. The number of carbonyl (C=O) groups excluding carboxylic acids is 1. The first-order valence-electron chi connectivity index (χ1n) is 8.33. The van der Waals surface area contributed by atoms with Gasteiger partial charge in [-0.15, -0.1) is 0 Å². The minimum absolute atomic E-state index is 0.0937. The van der Waals surface area contributed by atoms with E-state index in [2.05, 4.69) is 5.32 Å². The zero-order chi connectivity index (χ0) is 19.4. The van der Waals surface area contributed by atoms with Gasteiger partial charge in [-0.25, -0.2) is 9.18 Å². The van der Waals surface area contributed by atoms with E-state index >= 15 is 0 Å². The molecule has 6 nitrogen and oxygen atoms in total. The molecule has 0 unspecified atom stereocenters. The molecule has 0 saturated carbocycles. The van der Waals surface area contributed by atoms with Gasteiger partial charge in [-0.3, -0.25) is 18.7 Å². The highest BCUT2D eigenvalue weighted by Crippen LogP contribution is 2.08. The molecule has 27 heavy (non-hydrogen) atoms. The Bertz CT molecular complexity index is 1080. The van der Waals surface area contributed by atoms with Crippen molar-refractivity contribution < 1.29 is 9.18 Å². The van der Waals surface area contributed by atoms with Crippen LogP contribution in [-0.4, -0.2) is 15.0 Å². The summed E-state index contributed by atoms with van der Waals surface area (Å²) in [6, 6.07) is 14.2. The number of amides is 1. The second kappa shape index (κ2) is 7.82. The molecule has 1 heterocycles. The molecule has 0 radical (unpaired) electrons. The van der Waals surface area contributed by atoms with Crippen LogP contribution in [0.1, 0.15) is 11.1 Å². The van der Waals surface area contributed by atoms with Crippen LogP contribution in [0.4, 0.5) is 10.1 Å². The van der Waals surface area contributed by atoms with Crippen LogP contribution in [0.5, 0.6) is 0 Å². The lowest BCUT2D eigenvalue weighted by Crippen LogP contribution is -2.41. The van der Waals surface area contributed by atoms with Crippen LogP contribution in [0.2, 0.25) is 0 Å². The summed E-state index contributed by atoms with van der Waals surface area (Å²) >= 11 is 0. The molecule has 0 aliphatic heterocycles. The quantitative estimate of drug-likeness (QED) is 0.751. The zero-order valence-corrected chi connectivity index (χ0v) is 14.7. The average molecular weight is 367 g/mol. The number of hydrogen-bond acceptors (Lipinski definition) is 3. The van der Waals surface area contributed by atoms with E-state index in [9.17, 15) is 18.8 Å². The van der Waals surface area contributed by atoms with Gasteiger partial charge in [-0.1, -0.05) is 29.8 Å². The largest absolute Gasteiger partial charge is 0.331 e. The first-order chi connectivity index (χ1) is 12.9. The van der Waals surface area contributed by atoms with Crippen molar-refractivity contribution in [3.05, 3.63) is 98.6 Å². The predicted molar refractivity (Wildman–Crippen MR) is 100 cm³/mol. The molecule has 7 heteroatoms. The Hall–Kier alpha value is -3.48. The van der Waals surface area contributed by atoms with E-state index in [0.717, 1.165) is 10.1 Å². The van der Waals surface area contributed by atoms with E-state index in [4.69, 9.17) is 0 Å². The highest BCUT2D eigenvalue weighted by Gasteiger charge is 2.11. The van der Waals surface area contributed by atoms with Gasteiger partial charge < -0.3 is 5.32 Å². The normalized spacial score (nSPS) is 10.6. The Kier molecular flexibility index (Phi) is 5.30. The van der Waals surface area contributed by atoms with Gasteiger partial charge in [-0.2, -0.15) is 0 Å². The van der Waals surface area contributed by atoms with Crippen LogP contribution >= 0.6 is 0 Å². The third kappa shape index (κ3) is 4.58. The summed E-state index contributed by atoms with van der Waals surface area (Å²) in [6.07, 6.45) is 1.34. The molecule has 0 aliphatic carbocycles. The van der Waals surface area contributed by atoms with Crippen LogP contribution in [-0.2, 0) is 17.9 Å². The summed E-state index contributed by atoms with van der Waals surface area (Å²) in [6.45, 7) is 1.61. The maximum absolute atomic E-state index is 13.3. The summed E-state index contributed by atoms with van der Waals surface area (Å²) in [4.78, 5) is 36.8. The number of aromatic nitrogens is 2. The first kappa shape index (κ1) is 18.3. The van der Waals surface area contributed by atoms with Crippen molar-refractivity contribution in [3.63, 3.8) is 0 Å². The third-order valence-corrected chi connectivity index (χ3v) is 4.02. The fraction of sp³-hybridized carbons (Fsp3) is 0.150. The molecule has 1 N–H and O–H groups in total. The number of carbonyl (C=O) groups is 1. The van der Waals surface area contributed by atoms with Crippen LogP contribution in [0.3, 0.4) is 0 Å². The summed E-state index contributed by atoms with van der Waals surface area (Å²) in [5.41, 5.74) is 0.994. The van der Waals surface area contributed by atoms with Crippen molar-refractivity contribution in [1.29, 1.82) is 0 Å². The fourth-order valence-electron chi connectivity index (χ4n) is 2.64. The lowest BCUT2D eigenvalue weighted by atomic mass is 10.2. The SMILES string of the molecule is Cc1ccc(NC(=O)Cn2c(=O)ccn(Cc3cccc(F)c3)c2=O)cc1. The highest BCUT2D eigenvalue weighted by molar-refractivity contribution is 5.90. The van der Waals surface area contributed by atoms with Gasteiger partial charge in [0.05, 0.1) is 6.54 Å². The van der Waals surface area contributed by atoms with Crippen molar-refractivity contribution in [3.8, 4) is 0 Å². The number of aryl methyl sites for hydroxylation is 1. The summed E-state index contributed by atoms with van der Waals surface area (Å²) < 4.78 is 15.4. The number of hydrogen-bond donors (Lipinski definition) is 1. The molecule has 1 aromatic heterocycles. The lowest BCUT2D eigenvalue weighted by molar-refractivity contribution is -0.116. The van der Waals surface area contributed by atoms with Gasteiger partial charge in [0.2, 0.25) is 5.91 Å². The molecule has 138 valence electrons. The van der Waals surface area contributed by atoms with Gasteiger partial charge in [0.25, 0.3) is 5.56 Å². The number of halogens is 1. The Morgan fingerprint density at radius 1 is 1.07 bits per heavy atom. The van der Waals surface area contributed by atoms with Gasteiger partial charge in [0.1, 0.15) is 12.4 Å². The van der Waals surface area contributed by atoms with Crippen LogP contribution in [0, 0.1) is 12.7 Å². The molecule has 1 amide bonds. The number of nitrogens with zero attached hydrogens (tertiary/aromatic N) is 2. The maximum Gasteiger partial charge on any atom is 0.331 e. The van der Waals surface area contributed by atoms with Crippen molar-refractivity contribution in [2.75, 3.05) is 5.32 Å². The molecule has 0 spiro atoms. The van der Waals surface area contributed by atoms with E-state index in [1.807, 2.05) is 19.1 Å². The van der Waals surface area contributed by atoms with Gasteiger partial charge in [0, 0.05) is 18.0 Å². The number of rotatable bonds is 5. The molecule has 2 aromatic carbocycles. The van der Waals surface area contributed by atoms with Gasteiger partial charge >= 0.3 is 5.69 Å². The smallest absolute Gasteiger partial charge is 0.325 e. The second-order valence-electron chi connectivity index (χ2n) is 6.19. The molecule has 3 aromatic rings. The van der Waals surface area contributed by atoms with E-state index < -0.39 is 29.5 Å². The van der Waals surface area contributed by atoms with E-state index in [0.29, 0.717) is 11.3 Å². The van der Waals surface area contributed by atoms with Crippen LogP contribution < -0.4 is 16.6 Å². The third-order valence-electron chi connectivity index (χ3n) is 4.02. The summed E-state index contributed by atoms with van der Waals surface area (Å²) in [5.74, 6) is -0.895. The highest BCUT2D eigenvalue weighted by atomic mass is 19.1. The monoisotopic (exact) mass is 367 g/mol. The Morgan fingerprint density at radius 3 is 2.52 bits per heavy atom. The number of nitrogens with one attached hydrogen (secondary N) is 1. The number of anilines is 1. The molecular weight excluding hydrogens is 349 g/mol. The van der Waals surface area contributed by atoms with Crippen molar-refractivity contribution >= 4 is 11.6 Å². The Morgan fingerprint density at radius 2 is 1.81 bits per heavy atom. The molecule has 3 rings (SSSR count). The fourth-order valence-corrected chi connectivity index (χ4v) is 2.64. The van der Waals surface area contributed by atoms with E-state index in [-0.39, 0.29) is 6.54 Å². The predicted octanol–water partition coefficient (Wildman–Crippen LogP) is 2.14. The topological polar surface area (TPSA) is 73.1 Å². The molecule has 0 saturated heterocycles. The molecule has 0 aliphatic rings. The molecule has 0 bridgehead atoms. The average Bonchev–Trinajstić information content (AvgIpc) is 2.63. The Labute approximate surface area is 154 Å². The van der Waals surface area contributed by atoms with Crippen LogP contribution in [0.25, 0.3) is 0 Å². The second-order valence-corrected chi connectivity index (χ2v) is 6.19. The van der Waals surface area contributed by atoms with Gasteiger partial charge in [-0.05, 0) is 36.8 Å². The van der Waals surface area contributed by atoms with E-state index in [1.54, 1.807) is 24.3 Å². The minimum Gasteiger partial charge on any atom is -0.325 e. The Balaban J connectivity index is 1.80. The van der Waals surface area contributed by atoms with Crippen molar-refractivity contribution in [1.82, 2.24) is 9.13 Å². The zero-order valence-electron chi connectivity index (χ0n) is 14.7. The molecular formula is C20H18FN3O3. The molecule has 0 fully saturated rings. The molecule has 0 atom stereocenters. The van der Waals surface area contributed by atoms with Gasteiger partial charge in [0.15, 0.2) is 0 Å².